The van der Waals surface area contributed by atoms with Crippen LogP contribution in [0.2, 0.25) is 0 Å². The molecule has 20 heavy (non-hydrogen) atoms. The van der Waals surface area contributed by atoms with Gasteiger partial charge in [0.1, 0.15) is 6.04 Å². The molecule has 3 nitrogen and oxygen atoms in total. The fourth-order valence-electron chi connectivity index (χ4n) is 2.46. The molecule has 1 aromatic carbocycles. The van der Waals surface area contributed by atoms with E-state index in [1.165, 1.54) is 15.3 Å². The Hall–Kier alpha value is -1.81. The molecule has 0 saturated carbocycles. The molecule has 1 aromatic heterocycles. The Morgan fingerprint density at radius 2 is 2.10 bits per heavy atom. The van der Waals surface area contributed by atoms with Gasteiger partial charge in [-0.1, -0.05) is 25.1 Å². The van der Waals surface area contributed by atoms with Gasteiger partial charge in [-0.25, -0.2) is 0 Å². The predicted octanol–water partition coefficient (Wildman–Crippen LogP) is 2.96. The maximum atomic E-state index is 12.2. The van der Waals surface area contributed by atoms with Crippen molar-refractivity contribution in [2.75, 3.05) is 5.32 Å². The van der Waals surface area contributed by atoms with Gasteiger partial charge in [0.15, 0.2) is 0 Å². The molecule has 0 saturated heterocycles. The number of amides is 1. The van der Waals surface area contributed by atoms with E-state index in [1.807, 2.05) is 18.2 Å². The van der Waals surface area contributed by atoms with Crippen LogP contribution in [0, 0.1) is 0 Å². The molecule has 1 amide bonds. The second-order valence-corrected chi connectivity index (χ2v) is 6.25. The molecule has 2 N–H and O–H groups in total. The summed E-state index contributed by atoms with van der Waals surface area (Å²) in [6.07, 6.45) is 1.82. The van der Waals surface area contributed by atoms with E-state index < -0.39 is 0 Å². The Balaban J connectivity index is 1.56. The van der Waals surface area contributed by atoms with Crippen LogP contribution in [0.25, 0.3) is 0 Å². The molecule has 0 bridgehead atoms. The number of benzene rings is 1. The van der Waals surface area contributed by atoms with Gasteiger partial charge in [-0.3, -0.25) is 4.79 Å². The Morgan fingerprint density at radius 3 is 2.85 bits per heavy atom. The monoisotopic (exact) mass is 286 g/mol. The van der Waals surface area contributed by atoms with Crippen LogP contribution in [0.15, 0.2) is 36.4 Å². The molecular weight excluding hydrogens is 268 g/mol. The lowest BCUT2D eigenvalue weighted by Crippen LogP contribution is -2.37. The highest BCUT2D eigenvalue weighted by molar-refractivity contribution is 7.11. The molecule has 1 atom stereocenters. The molecule has 104 valence electrons. The van der Waals surface area contributed by atoms with Gasteiger partial charge in [0, 0.05) is 21.9 Å². The normalized spacial score (nSPS) is 16.6. The van der Waals surface area contributed by atoms with E-state index in [1.54, 1.807) is 11.3 Å². The zero-order valence-electron chi connectivity index (χ0n) is 11.5. The molecule has 0 fully saturated rings. The van der Waals surface area contributed by atoms with E-state index in [4.69, 9.17) is 0 Å². The summed E-state index contributed by atoms with van der Waals surface area (Å²) in [5.41, 5.74) is 2.30. The molecule has 1 aliphatic rings. The van der Waals surface area contributed by atoms with Crippen LogP contribution in [-0.2, 0) is 24.2 Å². The van der Waals surface area contributed by atoms with Crippen molar-refractivity contribution in [1.29, 1.82) is 0 Å². The number of nitrogens with one attached hydrogen (secondary N) is 2. The first-order valence-corrected chi connectivity index (χ1v) is 7.77. The number of hydrogen-bond donors (Lipinski definition) is 2. The summed E-state index contributed by atoms with van der Waals surface area (Å²) in [6, 6.07) is 12.2. The summed E-state index contributed by atoms with van der Waals surface area (Å²) in [7, 11) is 0. The van der Waals surface area contributed by atoms with E-state index in [0.717, 1.165) is 18.5 Å². The first-order valence-electron chi connectivity index (χ1n) is 6.96. The average molecular weight is 286 g/mol. The Labute approximate surface area is 123 Å². The SMILES string of the molecule is CCc1ccc(CNC(=O)C2Cc3ccccc3N2)s1. The van der Waals surface area contributed by atoms with Gasteiger partial charge in [-0.05, 0) is 30.2 Å². The summed E-state index contributed by atoms with van der Waals surface area (Å²) >= 11 is 1.77. The maximum absolute atomic E-state index is 12.2. The number of hydrogen-bond acceptors (Lipinski definition) is 3. The second kappa shape index (κ2) is 5.67. The van der Waals surface area contributed by atoms with Crippen LogP contribution in [-0.4, -0.2) is 11.9 Å². The van der Waals surface area contributed by atoms with Crippen LogP contribution in [0.5, 0.6) is 0 Å². The summed E-state index contributed by atoms with van der Waals surface area (Å²) in [5.74, 6) is 0.0765. The number of thiophene rings is 1. The molecule has 3 rings (SSSR count). The van der Waals surface area contributed by atoms with Crippen molar-refractivity contribution in [3.8, 4) is 0 Å². The zero-order chi connectivity index (χ0) is 13.9. The van der Waals surface area contributed by atoms with Gasteiger partial charge in [-0.2, -0.15) is 0 Å². The second-order valence-electron chi connectivity index (χ2n) is 5.00. The van der Waals surface area contributed by atoms with Crippen LogP contribution in [0.1, 0.15) is 22.2 Å². The number of carbonyl (C=O) groups is 1. The molecule has 1 unspecified atom stereocenters. The minimum atomic E-state index is -0.141. The zero-order valence-corrected chi connectivity index (χ0v) is 12.3. The molecule has 0 aliphatic carbocycles. The van der Waals surface area contributed by atoms with E-state index in [-0.39, 0.29) is 11.9 Å². The Morgan fingerprint density at radius 1 is 1.30 bits per heavy atom. The van der Waals surface area contributed by atoms with Crippen LogP contribution < -0.4 is 10.6 Å². The van der Waals surface area contributed by atoms with Crippen molar-refractivity contribution in [1.82, 2.24) is 5.32 Å². The fourth-order valence-corrected chi connectivity index (χ4v) is 3.36. The molecule has 0 spiro atoms. The van der Waals surface area contributed by atoms with Gasteiger partial charge in [0.05, 0.1) is 6.54 Å². The first kappa shape index (κ1) is 13.2. The number of fused-ring (bicyclic) bond motifs is 1. The molecule has 2 aromatic rings. The lowest BCUT2D eigenvalue weighted by molar-refractivity contribution is -0.121. The summed E-state index contributed by atoms with van der Waals surface area (Å²) < 4.78 is 0. The number of anilines is 1. The molecule has 0 radical (unpaired) electrons. The number of rotatable bonds is 4. The lowest BCUT2D eigenvalue weighted by atomic mass is 10.1. The minimum absolute atomic E-state index is 0.0765. The highest BCUT2D eigenvalue weighted by Gasteiger charge is 2.25. The van der Waals surface area contributed by atoms with Crippen molar-refractivity contribution in [3.63, 3.8) is 0 Å². The minimum Gasteiger partial charge on any atom is -0.373 e. The largest absolute Gasteiger partial charge is 0.373 e. The fraction of sp³-hybridized carbons (Fsp3) is 0.312. The maximum Gasteiger partial charge on any atom is 0.243 e. The average Bonchev–Trinajstić information content (AvgIpc) is 3.10. The highest BCUT2D eigenvalue weighted by atomic mass is 32.1. The first-order chi connectivity index (χ1) is 9.76. The molecular formula is C16H18N2OS. The van der Waals surface area contributed by atoms with Crippen molar-refractivity contribution in [3.05, 3.63) is 51.7 Å². The number of para-hydroxylation sites is 1. The molecule has 2 heterocycles. The third-order valence-corrected chi connectivity index (χ3v) is 4.82. The summed E-state index contributed by atoms with van der Waals surface area (Å²) in [4.78, 5) is 14.8. The third-order valence-electron chi connectivity index (χ3n) is 3.59. The van der Waals surface area contributed by atoms with Crippen molar-refractivity contribution < 1.29 is 4.79 Å². The van der Waals surface area contributed by atoms with Crippen LogP contribution in [0.3, 0.4) is 0 Å². The van der Waals surface area contributed by atoms with Gasteiger partial charge < -0.3 is 10.6 Å². The van der Waals surface area contributed by atoms with E-state index in [0.29, 0.717) is 6.54 Å². The van der Waals surface area contributed by atoms with Gasteiger partial charge >= 0.3 is 0 Å². The summed E-state index contributed by atoms with van der Waals surface area (Å²) in [6.45, 7) is 2.77. The van der Waals surface area contributed by atoms with Crippen LogP contribution >= 0.6 is 11.3 Å². The standard InChI is InChI=1S/C16H18N2OS/c1-2-12-7-8-13(20-12)10-17-16(19)15-9-11-5-3-4-6-14(11)18-15/h3-8,15,18H,2,9-10H2,1H3,(H,17,19). The Bertz CT molecular complexity index is 595. The summed E-state index contributed by atoms with van der Waals surface area (Å²) in [5, 5.41) is 6.30. The smallest absolute Gasteiger partial charge is 0.243 e. The van der Waals surface area contributed by atoms with Crippen molar-refractivity contribution in [2.24, 2.45) is 0 Å². The van der Waals surface area contributed by atoms with Gasteiger partial charge in [-0.15, -0.1) is 11.3 Å². The number of aryl methyl sites for hydroxylation is 1. The molecule has 1 aliphatic heterocycles. The molecule has 4 heteroatoms. The Kier molecular flexibility index (Phi) is 3.74. The van der Waals surface area contributed by atoms with Crippen molar-refractivity contribution >= 4 is 22.9 Å². The van der Waals surface area contributed by atoms with Crippen molar-refractivity contribution in [2.45, 2.75) is 32.4 Å². The highest BCUT2D eigenvalue weighted by Crippen LogP contribution is 2.25. The van der Waals surface area contributed by atoms with E-state index >= 15 is 0 Å². The van der Waals surface area contributed by atoms with E-state index in [2.05, 4.69) is 35.8 Å². The van der Waals surface area contributed by atoms with E-state index in [9.17, 15) is 4.79 Å². The van der Waals surface area contributed by atoms with Gasteiger partial charge in [0.25, 0.3) is 0 Å². The topological polar surface area (TPSA) is 41.1 Å². The number of carbonyl (C=O) groups excluding carboxylic acids is 1. The third kappa shape index (κ3) is 2.70. The van der Waals surface area contributed by atoms with Crippen LogP contribution in [0.4, 0.5) is 5.69 Å². The lowest BCUT2D eigenvalue weighted by Gasteiger charge is -2.11. The van der Waals surface area contributed by atoms with Gasteiger partial charge in [0.2, 0.25) is 5.91 Å². The quantitative estimate of drug-likeness (QED) is 0.907. The predicted molar refractivity (Wildman–Crippen MR) is 83.1 cm³/mol.